The fourth-order valence-corrected chi connectivity index (χ4v) is 5.54. The molecule has 37 heavy (non-hydrogen) atoms. The number of carboxylic acid groups (broad SMARTS) is 1. The smallest absolute Gasteiger partial charge is 0.326 e. The minimum absolute atomic E-state index is 0.0215. The largest absolute Gasteiger partial charge is 0.496 e. The second-order valence-electron chi connectivity index (χ2n) is 10.9. The van der Waals surface area contributed by atoms with Gasteiger partial charge in [0.1, 0.15) is 17.4 Å². The first-order chi connectivity index (χ1) is 17.6. The second kappa shape index (κ2) is 10.6. The molecule has 0 spiro atoms. The van der Waals surface area contributed by atoms with Crippen molar-refractivity contribution in [2.45, 2.75) is 57.6 Å². The van der Waals surface area contributed by atoms with Gasteiger partial charge in [-0.05, 0) is 71.2 Å². The first kappa shape index (κ1) is 26.7. The maximum Gasteiger partial charge on any atom is 0.326 e. The molecule has 3 amide bonds. The average Bonchev–Trinajstić information content (AvgIpc) is 3.28. The molecule has 5 bridgehead atoms. The summed E-state index contributed by atoms with van der Waals surface area (Å²) in [5.41, 5.74) is 0.956. The predicted molar refractivity (Wildman–Crippen MR) is 140 cm³/mol. The molecule has 2 aliphatic heterocycles. The normalized spacial score (nSPS) is 24.8. The Hall–Kier alpha value is -3.33. The number of aryl methyl sites for hydroxylation is 1. The van der Waals surface area contributed by atoms with E-state index in [9.17, 15) is 19.5 Å². The Balaban J connectivity index is 1.76. The summed E-state index contributed by atoms with van der Waals surface area (Å²) >= 11 is 0. The number of carbonyl (C=O) groups is 3. The van der Waals surface area contributed by atoms with Crippen molar-refractivity contribution in [3.8, 4) is 5.75 Å². The van der Waals surface area contributed by atoms with E-state index in [4.69, 9.17) is 9.47 Å². The molecule has 3 N–H and O–H groups in total. The SMILES string of the molecule is COc1cc2ccc3cc2cc1CCCC(C)(C)CCNC(=O)NCC(=O)N1C[C@@]3(OC)C[C@H]1C(=O)O. The number of fused-ring (bicyclic) bond motifs is 5. The number of nitrogens with zero attached hydrogens (tertiary/aromatic N) is 1. The Morgan fingerprint density at radius 2 is 1.86 bits per heavy atom. The Kier molecular flexibility index (Phi) is 7.64. The number of amides is 3. The Labute approximate surface area is 217 Å². The molecule has 0 aliphatic carbocycles. The van der Waals surface area contributed by atoms with E-state index in [0.717, 1.165) is 53.3 Å². The van der Waals surface area contributed by atoms with Crippen LogP contribution in [0.5, 0.6) is 5.75 Å². The number of benzene rings is 2. The molecule has 1 fully saturated rings. The number of methoxy groups -OCH3 is 2. The van der Waals surface area contributed by atoms with Gasteiger partial charge in [0.05, 0.1) is 20.2 Å². The monoisotopic (exact) mass is 511 g/mol. The number of rotatable bonds is 3. The number of aliphatic carboxylic acids is 1. The van der Waals surface area contributed by atoms with Crippen LogP contribution in [-0.2, 0) is 26.3 Å². The van der Waals surface area contributed by atoms with E-state index in [2.05, 4.69) is 30.5 Å². The molecule has 1 saturated heterocycles. The van der Waals surface area contributed by atoms with Crippen LogP contribution < -0.4 is 15.4 Å². The summed E-state index contributed by atoms with van der Waals surface area (Å²) in [7, 11) is 3.22. The van der Waals surface area contributed by atoms with Crippen LogP contribution >= 0.6 is 0 Å². The molecule has 2 aromatic rings. The summed E-state index contributed by atoms with van der Waals surface area (Å²) in [6.45, 7) is 4.62. The topological polar surface area (TPSA) is 117 Å². The first-order valence-corrected chi connectivity index (χ1v) is 12.8. The van der Waals surface area contributed by atoms with Crippen molar-refractivity contribution in [3.05, 3.63) is 41.5 Å². The summed E-state index contributed by atoms with van der Waals surface area (Å²) in [6.07, 6.45) is 3.69. The molecule has 200 valence electrons. The minimum atomic E-state index is -1.10. The third-order valence-corrected chi connectivity index (χ3v) is 7.87. The van der Waals surface area contributed by atoms with Crippen molar-refractivity contribution >= 4 is 28.7 Å². The van der Waals surface area contributed by atoms with Gasteiger partial charge in [0, 0.05) is 20.1 Å². The van der Waals surface area contributed by atoms with Crippen molar-refractivity contribution in [3.63, 3.8) is 0 Å². The maximum absolute atomic E-state index is 13.1. The number of hydrogen-bond donors (Lipinski definition) is 3. The first-order valence-electron chi connectivity index (χ1n) is 12.8. The molecule has 9 heteroatoms. The van der Waals surface area contributed by atoms with E-state index in [-0.39, 0.29) is 24.9 Å². The zero-order valence-corrected chi connectivity index (χ0v) is 22.1. The molecule has 9 nitrogen and oxygen atoms in total. The molecular weight excluding hydrogens is 474 g/mol. The van der Waals surface area contributed by atoms with Crippen molar-refractivity contribution in [1.82, 2.24) is 15.5 Å². The number of carboxylic acids is 1. The molecule has 2 heterocycles. The van der Waals surface area contributed by atoms with Crippen LogP contribution in [0.3, 0.4) is 0 Å². The van der Waals surface area contributed by atoms with Crippen molar-refractivity contribution in [2.24, 2.45) is 5.41 Å². The molecule has 2 aliphatic rings. The molecule has 0 aromatic heterocycles. The number of hydrogen-bond acceptors (Lipinski definition) is 5. The highest BCUT2D eigenvalue weighted by Crippen LogP contribution is 2.41. The molecule has 0 saturated carbocycles. The molecule has 2 atom stereocenters. The minimum Gasteiger partial charge on any atom is -0.496 e. The highest BCUT2D eigenvalue weighted by atomic mass is 16.5. The fourth-order valence-electron chi connectivity index (χ4n) is 5.54. The van der Waals surface area contributed by atoms with Gasteiger partial charge in [0.25, 0.3) is 0 Å². The van der Waals surface area contributed by atoms with E-state index in [1.807, 2.05) is 24.3 Å². The number of urea groups is 1. The van der Waals surface area contributed by atoms with Crippen LogP contribution in [0.25, 0.3) is 10.8 Å². The maximum atomic E-state index is 13.1. The fraction of sp³-hybridized carbons (Fsp3) is 0.536. The van der Waals surface area contributed by atoms with Crippen LogP contribution in [0.4, 0.5) is 4.79 Å². The lowest BCUT2D eigenvalue weighted by atomic mass is 9.83. The van der Waals surface area contributed by atoms with Crippen LogP contribution in [0, 0.1) is 5.41 Å². The van der Waals surface area contributed by atoms with Gasteiger partial charge in [0.15, 0.2) is 0 Å². The lowest BCUT2D eigenvalue weighted by Crippen LogP contribution is -2.48. The van der Waals surface area contributed by atoms with Gasteiger partial charge >= 0.3 is 12.0 Å². The lowest BCUT2D eigenvalue weighted by Gasteiger charge is -2.29. The molecule has 4 rings (SSSR count). The summed E-state index contributed by atoms with van der Waals surface area (Å²) in [6, 6.07) is 8.59. The van der Waals surface area contributed by atoms with Crippen LogP contribution in [0.2, 0.25) is 0 Å². The van der Waals surface area contributed by atoms with E-state index >= 15 is 0 Å². The molecule has 0 radical (unpaired) electrons. The molecule has 0 unspecified atom stereocenters. The standard InChI is InChI=1S/C28H37N3O6/c1-27(2)9-5-6-19-12-20-13-21(8-7-18(20)14-23(19)36-3)28(37-4)15-22(25(33)34)31(17-28)24(32)16-30-26(35)29-11-10-27/h7-8,12-14,22H,5-6,9-11,15-17H2,1-4H3,(H,33,34)(H2,29,30,35)/t22-,28-/m0/s1. The average molecular weight is 512 g/mol. The summed E-state index contributed by atoms with van der Waals surface area (Å²) in [5, 5.41) is 17.3. The van der Waals surface area contributed by atoms with Gasteiger partial charge in [-0.25, -0.2) is 9.59 Å². The van der Waals surface area contributed by atoms with Gasteiger partial charge in [0.2, 0.25) is 5.91 Å². The summed E-state index contributed by atoms with van der Waals surface area (Å²) in [5.74, 6) is -0.728. The second-order valence-corrected chi connectivity index (χ2v) is 10.9. The van der Waals surface area contributed by atoms with Gasteiger partial charge in [-0.15, -0.1) is 0 Å². The Morgan fingerprint density at radius 3 is 2.57 bits per heavy atom. The third kappa shape index (κ3) is 5.66. The van der Waals surface area contributed by atoms with Gasteiger partial charge < -0.3 is 30.1 Å². The highest BCUT2D eigenvalue weighted by Gasteiger charge is 2.50. The van der Waals surface area contributed by atoms with E-state index in [1.165, 1.54) is 4.90 Å². The lowest BCUT2D eigenvalue weighted by molar-refractivity contribution is -0.147. The predicted octanol–water partition coefficient (Wildman–Crippen LogP) is 3.43. The zero-order valence-electron chi connectivity index (χ0n) is 22.1. The quantitative estimate of drug-likeness (QED) is 0.581. The number of carbonyl (C=O) groups excluding carboxylic acids is 2. The zero-order chi connectivity index (χ0) is 26.8. The Bertz CT molecular complexity index is 1200. The van der Waals surface area contributed by atoms with Crippen molar-refractivity contribution in [1.29, 1.82) is 0 Å². The summed E-state index contributed by atoms with van der Waals surface area (Å²) < 4.78 is 11.6. The molecule has 2 aromatic carbocycles. The number of nitrogens with one attached hydrogen (secondary N) is 2. The van der Waals surface area contributed by atoms with Crippen LogP contribution in [0.1, 0.15) is 50.7 Å². The van der Waals surface area contributed by atoms with Gasteiger partial charge in [-0.3, -0.25) is 4.79 Å². The van der Waals surface area contributed by atoms with Gasteiger partial charge in [-0.2, -0.15) is 0 Å². The van der Waals surface area contributed by atoms with Gasteiger partial charge in [-0.1, -0.05) is 26.0 Å². The van der Waals surface area contributed by atoms with Crippen LogP contribution in [0.15, 0.2) is 30.3 Å². The third-order valence-electron chi connectivity index (χ3n) is 7.87. The number of ether oxygens (including phenoxy) is 2. The Morgan fingerprint density at radius 1 is 1.08 bits per heavy atom. The van der Waals surface area contributed by atoms with E-state index in [0.29, 0.717) is 6.54 Å². The highest BCUT2D eigenvalue weighted by molar-refractivity contribution is 5.89. The van der Waals surface area contributed by atoms with E-state index < -0.39 is 29.6 Å². The molecular formula is C28H37N3O6. The van der Waals surface area contributed by atoms with E-state index in [1.54, 1.807) is 14.2 Å². The van der Waals surface area contributed by atoms with Crippen molar-refractivity contribution < 1.29 is 29.0 Å². The van der Waals surface area contributed by atoms with Crippen molar-refractivity contribution in [2.75, 3.05) is 33.9 Å². The summed E-state index contributed by atoms with van der Waals surface area (Å²) in [4.78, 5) is 38.8. The van der Waals surface area contributed by atoms with Crippen LogP contribution in [-0.4, -0.2) is 67.8 Å².